The molecule has 1 heterocycles. The zero-order chi connectivity index (χ0) is 20.3. The van der Waals surface area contributed by atoms with Crippen molar-refractivity contribution in [2.24, 2.45) is 0 Å². The minimum atomic E-state index is -1.33. The summed E-state index contributed by atoms with van der Waals surface area (Å²) >= 11 is 5.14. The van der Waals surface area contributed by atoms with Crippen molar-refractivity contribution < 1.29 is 24.2 Å². The van der Waals surface area contributed by atoms with Crippen LogP contribution < -0.4 is 20.1 Å². The largest absolute Gasteiger partial charge is 0.546 e. The Morgan fingerprint density at radius 1 is 1.14 bits per heavy atom. The van der Waals surface area contributed by atoms with Crippen molar-refractivity contribution in [1.82, 2.24) is 5.32 Å². The maximum Gasteiger partial charge on any atom is 0.270 e. The van der Waals surface area contributed by atoms with Gasteiger partial charge in [0.05, 0.1) is 11.7 Å². The predicted octanol–water partition coefficient (Wildman–Crippen LogP) is 1.04. The minimum absolute atomic E-state index is 0.0124. The van der Waals surface area contributed by atoms with Gasteiger partial charge in [-0.3, -0.25) is 19.8 Å². The van der Waals surface area contributed by atoms with E-state index in [1.807, 2.05) is 0 Å². The summed E-state index contributed by atoms with van der Waals surface area (Å²) in [6.45, 7) is 1.36. The van der Waals surface area contributed by atoms with Crippen molar-refractivity contribution >= 4 is 46.9 Å². The summed E-state index contributed by atoms with van der Waals surface area (Å²) in [5.74, 6) is -2.13. The van der Waals surface area contributed by atoms with E-state index in [0.29, 0.717) is 17.0 Å². The van der Waals surface area contributed by atoms with Crippen molar-refractivity contribution in [2.75, 3.05) is 4.90 Å². The first kappa shape index (κ1) is 19.2. The molecule has 2 aromatic carbocycles. The fourth-order valence-electron chi connectivity index (χ4n) is 2.53. The van der Waals surface area contributed by atoms with Gasteiger partial charge in [0.15, 0.2) is 5.11 Å². The molecule has 0 aromatic heterocycles. The van der Waals surface area contributed by atoms with E-state index in [0.717, 1.165) is 0 Å². The number of para-hydroxylation sites is 1. The summed E-state index contributed by atoms with van der Waals surface area (Å²) in [5.41, 5.74) is 1.03. The molecule has 7 nitrogen and oxygen atoms in total. The Hall–Kier alpha value is -3.52. The van der Waals surface area contributed by atoms with E-state index < -0.39 is 23.9 Å². The van der Waals surface area contributed by atoms with Gasteiger partial charge in [0.25, 0.3) is 11.8 Å². The van der Waals surface area contributed by atoms with E-state index in [1.54, 1.807) is 42.5 Å². The third kappa shape index (κ3) is 4.07. The minimum Gasteiger partial charge on any atom is -0.546 e. The summed E-state index contributed by atoms with van der Waals surface area (Å²) in [5, 5.41) is 13.3. The topological polar surface area (TPSA) is 98.8 Å². The van der Waals surface area contributed by atoms with Crippen LogP contribution in [-0.4, -0.2) is 29.0 Å². The van der Waals surface area contributed by atoms with Gasteiger partial charge in [-0.2, -0.15) is 0 Å². The number of nitrogens with one attached hydrogen (secondary N) is 1. The molecule has 8 heteroatoms. The van der Waals surface area contributed by atoms with Gasteiger partial charge in [-0.25, -0.2) is 0 Å². The molecule has 1 N–H and O–H groups in total. The predicted molar refractivity (Wildman–Crippen MR) is 104 cm³/mol. The number of amides is 2. The number of hydrogen-bond acceptors (Lipinski definition) is 6. The Balaban J connectivity index is 1.86. The monoisotopic (exact) mass is 395 g/mol. The van der Waals surface area contributed by atoms with Crippen LogP contribution in [-0.2, 0) is 14.4 Å². The Morgan fingerprint density at radius 3 is 2.39 bits per heavy atom. The molecule has 1 aliphatic heterocycles. The van der Waals surface area contributed by atoms with Crippen molar-refractivity contribution in [3.63, 3.8) is 0 Å². The Labute approximate surface area is 166 Å². The smallest absolute Gasteiger partial charge is 0.270 e. The van der Waals surface area contributed by atoms with Crippen LogP contribution >= 0.6 is 12.2 Å². The maximum atomic E-state index is 12.9. The number of hydrogen-bond donors (Lipinski definition) is 1. The second-order valence-corrected chi connectivity index (χ2v) is 6.33. The molecule has 0 unspecified atom stereocenters. The fraction of sp³-hybridized carbons (Fsp3) is 0.100. The van der Waals surface area contributed by atoms with Gasteiger partial charge in [0, 0.05) is 0 Å². The molecular weight excluding hydrogens is 380 g/mol. The van der Waals surface area contributed by atoms with Crippen LogP contribution in [0.1, 0.15) is 12.5 Å². The summed E-state index contributed by atoms with van der Waals surface area (Å²) in [4.78, 5) is 37.1. The van der Waals surface area contributed by atoms with Crippen LogP contribution in [0.15, 0.2) is 60.2 Å². The number of carbonyl (C=O) groups excluding carboxylic acids is 3. The van der Waals surface area contributed by atoms with Gasteiger partial charge in [0.2, 0.25) is 0 Å². The van der Waals surface area contributed by atoms with Gasteiger partial charge >= 0.3 is 0 Å². The molecule has 0 aliphatic carbocycles. The Kier molecular flexibility index (Phi) is 5.51. The number of carboxylic acid groups (broad SMARTS) is 1. The van der Waals surface area contributed by atoms with E-state index in [-0.39, 0.29) is 10.7 Å². The number of aliphatic carboxylic acids is 1. The molecule has 3 rings (SSSR count). The molecule has 1 aliphatic rings. The maximum absolute atomic E-state index is 12.9. The summed E-state index contributed by atoms with van der Waals surface area (Å²) in [7, 11) is 0. The van der Waals surface area contributed by atoms with Crippen LogP contribution in [0.5, 0.6) is 5.75 Å². The zero-order valence-electron chi connectivity index (χ0n) is 14.7. The molecule has 0 saturated carbocycles. The van der Waals surface area contributed by atoms with Crippen LogP contribution in [0, 0.1) is 0 Å². The quantitative estimate of drug-likeness (QED) is 0.461. The number of anilines is 1. The summed E-state index contributed by atoms with van der Waals surface area (Å²) in [6, 6.07) is 15.0. The average molecular weight is 395 g/mol. The second-order valence-electron chi connectivity index (χ2n) is 5.94. The van der Waals surface area contributed by atoms with Gasteiger partial charge in [-0.15, -0.1) is 0 Å². The van der Waals surface area contributed by atoms with Crippen LogP contribution in [0.25, 0.3) is 6.08 Å². The van der Waals surface area contributed by atoms with Crippen molar-refractivity contribution in [3.05, 3.63) is 65.7 Å². The summed E-state index contributed by atoms with van der Waals surface area (Å²) in [6.07, 6.45) is 0.330. The number of nitrogens with zero attached hydrogens (tertiary/aromatic N) is 1. The van der Waals surface area contributed by atoms with Gasteiger partial charge in [0.1, 0.15) is 17.4 Å². The molecular formula is C20H15N2O5S-. The first-order valence-electron chi connectivity index (χ1n) is 8.31. The molecule has 1 atom stereocenters. The molecule has 1 saturated heterocycles. The third-order valence-corrected chi connectivity index (χ3v) is 4.24. The zero-order valence-corrected chi connectivity index (χ0v) is 15.6. The third-order valence-electron chi connectivity index (χ3n) is 3.95. The van der Waals surface area contributed by atoms with Crippen LogP contribution in [0.3, 0.4) is 0 Å². The van der Waals surface area contributed by atoms with E-state index >= 15 is 0 Å². The van der Waals surface area contributed by atoms with E-state index in [9.17, 15) is 19.5 Å². The lowest BCUT2D eigenvalue weighted by molar-refractivity contribution is -0.312. The Morgan fingerprint density at radius 2 is 1.79 bits per heavy atom. The highest BCUT2D eigenvalue weighted by molar-refractivity contribution is 7.80. The fourth-order valence-corrected chi connectivity index (χ4v) is 2.81. The molecule has 0 bridgehead atoms. The highest BCUT2D eigenvalue weighted by atomic mass is 32.1. The Bertz CT molecular complexity index is 970. The van der Waals surface area contributed by atoms with E-state index in [1.165, 1.54) is 30.0 Å². The van der Waals surface area contributed by atoms with Crippen LogP contribution in [0.2, 0.25) is 0 Å². The number of benzene rings is 2. The molecule has 28 heavy (non-hydrogen) atoms. The van der Waals surface area contributed by atoms with Crippen LogP contribution in [0.4, 0.5) is 5.69 Å². The number of carbonyl (C=O) groups is 3. The highest BCUT2D eigenvalue weighted by Gasteiger charge is 2.34. The standard InChI is InChI=1S/C20H16N2O5S/c1-12(19(25)26)27-15-9-7-13(8-10-15)11-16-17(23)21-20(28)22(18(16)24)14-5-3-2-4-6-14/h2-12H,1H3,(H,25,26)(H,21,23,28)/p-1/b16-11+/t12-/m0/s1. The van der Waals surface area contributed by atoms with Gasteiger partial charge < -0.3 is 14.6 Å². The molecule has 0 radical (unpaired) electrons. The molecule has 1 fully saturated rings. The van der Waals surface area contributed by atoms with E-state index in [4.69, 9.17) is 17.0 Å². The van der Waals surface area contributed by atoms with Crippen molar-refractivity contribution in [3.8, 4) is 5.75 Å². The average Bonchev–Trinajstić information content (AvgIpc) is 2.67. The number of carboxylic acids is 1. The lowest BCUT2D eigenvalue weighted by atomic mass is 10.1. The van der Waals surface area contributed by atoms with Crippen molar-refractivity contribution in [1.29, 1.82) is 0 Å². The number of thiocarbonyl (C=S) groups is 1. The first-order chi connectivity index (χ1) is 13.4. The highest BCUT2D eigenvalue weighted by Crippen LogP contribution is 2.22. The molecule has 2 amide bonds. The molecule has 0 spiro atoms. The lowest BCUT2D eigenvalue weighted by Gasteiger charge is -2.28. The normalized spacial score (nSPS) is 16.7. The number of ether oxygens (including phenoxy) is 1. The SMILES string of the molecule is C[C@H](Oc1ccc(/C=C2\C(=O)NC(=S)N(c3ccccc3)C2=O)cc1)C(=O)[O-]. The second kappa shape index (κ2) is 8.01. The summed E-state index contributed by atoms with van der Waals surface area (Å²) < 4.78 is 5.20. The van der Waals surface area contributed by atoms with Gasteiger partial charge in [-0.05, 0) is 55.0 Å². The molecule has 2 aromatic rings. The molecule has 142 valence electrons. The number of rotatable bonds is 5. The van der Waals surface area contributed by atoms with Crippen molar-refractivity contribution in [2.45, 2.75) is 13.0 Å². The van der Waals surface area contributed by atoms with E-state index in [2.05, 4.69) is 5.32 Å². The lowest BCUT2D eigenvalue weighted by Crippen LogP contribution is -2.54. The first-order valence-corrected chi connectivity index (χ1v) is 8.71. The van der Waals surface area contributed by atoms with Gasteiger partial charge in [-0.1, -0.05) is 30.3 Å².